The normalized spacial score (nSPS) is 20.1. The van der Waals surface area contributed by atoms with E-state index in [9.17, 15) is 29.1 Å². The molecule has 38 heavy (non-hydrogen) atoms. The Bertz CT molecular complexity index is 1250. The first kappa shape index (κ1) is 29.1. The Hall–Kier alpha value is -3.43. The summed E-state index contributed by atoms with van der Waals surface area (Å²) in [6.07, 6.45) is 0.510. The molecule has 3 heterocycles. The van der Waals surface area contributed by atoms with Gasteiger partial charge < -0.3 is 25.3 Å². The van der Waals surface area contributed by atoms with Gasteiger partial charge in [0.2, 0.25) is 12.5 Å². The molecule has 2 aliphatic rings. The first-order valence-electron chi connectivity index (χ1n) is 11.0. The molecular formula is C22H24ClN5O8S2. The lowest BCUT2D eigenvalue weighted by Gasteiger charge is -2.49. The number of fused-ring (bicyclic) bond motifs is 1. The zero-order valence-corrected chi connectivity index (χ0v) is 23.0. The van der Waals surface area contributed by atoms with E-state index < -0.39 is 52.6 Å². The number of hydrogen-bond acceptors (Lipinski definition) is 11. The first-order valence-corrected chi connectivity index (χ1v) is 13.2. The molecule has 0 radical (unpaired) electrons. The van der Waals surface area contributed by atoms with Gasteiger partial charge in [0, 0.05) is 5.75 Å². The number of aromatic nitrogens is 1. The van der Waals surface area contributed by atoms with Crippen LogP contribution < -0.4 is 10.6 Å². The number of β-lactam (4-membered cyclic amide) rings is 1. The predicted molar refractivity (Wildman–Crippen MR) is 140 cm³/mol. The summed E-state index contributed by atoms with van der Waals surface area (Å²) < 4.78 is 5.20. The van der Waals surface area contributed by atoms with Gasteiger partial charge in [-0.1, -0.05) is 40.7 Å². The molecule has 0 aliphatic carbocycles. The van der Waals surface area contributed by atoms with Crippen LogP contribution >= 0.6 is 34.7 Å². The average molecular weight is 586 g/mol. The van der Waals surface area contributed by atoms with Gasteiger partial charge in [-0.2, -0.15) is 0 Å². The molecule has 204 valence electrons. The van der Waals surface area contributed by atoms with E-state index >= 15 is 0 Å². The molecule has 1 aromatic rings. The van der Waals surface area contributed by atoms with E-state index in [4.69, 9.17) is 21.2 Å². The van der Waals surface area contributed by atoms with E-state index in [-0.39, 0.29) is 26.6 Å². The highest BCUT2D eigenvalue weighted by Gasteiger charge is 2.54. The maximum atomic E-state index is 13.3. The molecule has 1 saturated heterocycles. The molecule has 0 aromatic carbocycles. The minimum Gasteiger partial charge on any atom is -0.477 e. The van der Waals surface area contributed by atoms with Gasteiger partial charge in [0.15, 0.2) is 10.8 Å². The van der Waals surface area contributed by atoms with Crippen molar-refractivity contribution >= 4 is 75.7 Å². The van der Waals surface area contributed by atoms with Crippen LogP contribution in [0.3, 0.4) is 0 Å². The number of hydrogen-bond donors (Lipinski definition) is 3. The summed E-state index contributed by atoms with van der Waals surface area (Å²) in [5.74, 6) is -3.35. The number of nitrogens with one attached hydrogen (secondary N) is 2. The molecule has 2 aliphatic heterocycles. The minimum absolute atomic E-state index is 0.0305. The largest absolute Gasteiger partial charge is 0.477 e. The summed E-state index contributed by atoms with van der Waals surface area (Å²) >= 11 is 8.31. The quantitative estimate of drug-likeness (QED) is 0.120. The summed E-state index contributed by atoms with van der Waals surface area (Å²) in [6, 6.07) is -1.09. The van der Waals surface area contributed by atoms with E-state index in [2.05, 4.69) is 27.4 Å². The van der Waals surface area contributed by atoms with Crippen LogP contribution in [-0.4, -0.2) is 79.7 Å². The number of thiazole rings is 1. The third-order valence-corrected chi connectivity index (χ3v) is 7.47. The maximum absolute atomic E-state index is 13.3. The highest BCUT2D eigenvalue weighted by Crippen LogP contribution is 2.40. The zero-order valence-electron chi connectivity index (χ0n) is 20.6. The third kappa shape index (κ3) is 6.16. The van der Waals surface area contributed by atoms with Crippen molar-refractivity contribution in [3.8, 4) is 0 Å². The number of nitrogens with zero attached hydrogens (tertiary/aromatic N) is 3. The molecule has 0 bridgehead atoms. The van der Waals surface area contributed by atoms with Gasteiger partial charge in [0.05, 0.1) is 0 Å². The fourth-order valence-electron chi connectivity index (χ4n) is 3.32. The number of allylic oxidation sites excluding steroid dienone is 1. The van der Waals surface area contributed by atoms with Gasteiger partial charge in [0.25, 0.3) is 11.8 Å². The summed E-state index contributed by atoms with van der Waals surface area (Å²) in [5.41, 5.74) is -1.26. The number of aliphatic carboxylic acids is 1. The second-order valence-corrected chi connectivity index (χ2v) is 11.6. The SMILES string of the molecule is C=CC1=C(C(=O)O)N2C(=O)C(NC(=O)C(=NOC(C)C(=O)OC(C)(C)C)c3nc(NC=O)sc3Cl)[C@@H]2SC1. The third-order valence-electron chi connectivity index (χ3n) is 4.98. The molecule has 16 heteroatoms. The van der Waals surface area contributed by atoms with E-state index in [1.807, 2.05) is 0 Å². The monoisotopic (exact) mass is 585 g/mol. The van der Waals surface area contributed by atoms with Gasteiger partial charge >= 0.3 is 11.9 Å². The van der Waals surface area contributed by atoms with Gasteiger partial charge in [-0.3, -0.25) is 19.3 Å². The Labute approximate surface area is 230 Å². The number of anilines is 1. The van der Waals surface area contributed by atoms with Crippen LogP contribution in [0.25, 0.3) is 0 Å². The highest BCUT2D eigenvalue weighted by molar-refractivity contribution is 8.00. The molecule has 13 nitrogen and oxygen atoms in total. The Morgan fingerprint density at radius 3 is 2.63 bits per heavy atom. The topological polar surface area (TPSA) is 177 Å². The Kier molecular flexibility index (Phi) is 8.84. The molecular weight excluding hydrogens is 562 g/mol. The van der Waals surface area contributed by atoms with Crippen molar-refractivity contribution in [2.45, 2.75) is 50.8 Å². The van der Waals surface area contributed by atoms with Gasteiger partial charge in [-0.25, -0.2) is 14.6 Å². The lowest BCUT2D eigenvalue weighted by molar-refractivity contribution is -0.167. The van der Waals surface area contributed by atoms with Crippen LogP contribution in [0, 0.1) is 0 Å². The van der Waals surface area contributed by atoms with E-state index in [0.29, 0.717) is 12.0 Å². The van der Waals surface area contributed by atoms with E-state index in [1.165, 1.54) is 24.8 Å². The number of ether oxygens (including phenoxy) is 1. The number of thioether (sulfide) groups is 1. The number of esters is 1. The van der Waals surface area contributed by atoms with Gasteiger partial charge in [0.1, 0.15) is 32.7 Å². The number of carbonyl (C=O) groups is 5. The maximum Gasteiger partial charge on any atom is 0.352 e. The van der Waals surface area contributed by atoms with Crippen molar-refractivity contribution in [3.63, 3.8) is 0 Å². The van der Waals surface area contributed by atoms with Gasteiger partial charge in [-0.05, 0) is 33.3 Å². The van der Waals surface area contributed by atoms with Gasteiger partial charge in [-0.15, -0.1) is 11.8 Å². The summed E-state index contributed by atoms with van der Waals surface area (Å²) in [4.78, 5) is 71.4. The molecule has 1 aromatic heterocycles. The Balaban J connectivity index is 1.87. The van der Waals surface area contributed by atoms with Crippen LogP contribution in [0.4, 0.5) is 5.13 Å². The van der Waals surface area contributed by atoms with Crippen LogP contribution in [0.1, 0.15) is 33.4 Å². The summed E-state index contributed by atoms with van der Waals surface area (Å²) in [7, 11) is 0. The number of halogens is 1. The van der Waals surface area contributed by atoms with Crippen molar-refractivity contribution < 1.29 is 38.7 Å². The molecule has 0 spiro atoms. The Morgan fingerprint density at radius 2 is 2.05 bits per heavy atom. The molecule has 3 atom stereocenters. The van der Waals surface area contributed by atoms with E-state index in [1.54, 1.807) is 20.8 Å². The first-order chi connectivity index (χ1) is 17.8. The van der Waals surface area contributed by atoms with Crippen molar-refractivity contribution in [1.29, 1.82) is 0 Å². The number of carboxylic acid groups (broad SMARTS) is 1. The number of oxime groups is 1. The second kappa shape index (κ2) is 11.5. The fraction of sp³-hybridized carbons (Fsp3) is 0.409. The molecule has 3 amide bonds. The van der Waals surface area contributed by atoms with Crippen LogP contribution in [0.2, 0.25) is 4.34 Å². The lowest BCUT2D eigenvalue weighted by atomic mass is 10.0. The zero-order chi connectivity index (χ0) is 28.4. The van der Waals surface area contributed by atoms with Crippen LogP contribution in [-0.2, 0) is 33.5 Å². The Morgan fingerprint density at radius 1 is 1.37 bits per heavy atom. The standard InChI is InChI=1S/C22H24ClN5O8S2/c1-6-10-7-37-18-13(17(31)28(18)14(10)19(32)33)25-16(30)12(11-15(23)38-21(26-11)24-8-29)27-36-9(2)20(34)35-22(3,4)5/h6,8-9,13,18H,1,7H2,2-5H3,(H,25,30)(H,32,33)(H,24,26,29)/t9?,13?,18-/m0/s1. The smallest absolute Gasteiger partial charge is 0.352 e. The average Bonchev–Trinajstić information content (AvgIpc) is 3.19. The number of rotatable bonds is 10. The molecule has 1 fully saturated rings. The molecule has 3 N–H and O–H groups in total. The molecule has 2 unspecified atom stereocenters. The van der Waals surface area contributed by atoms with Crippen molar-refractivity contribution in [3.05, 3.63) is 34.0 Å². The van der Waals surface area contributed by atoms with E-state index in [0.717, 1.165) is 16.2 Å². The molecule has 0 saturated carbocycles. The van der Waals surface area contributed by atoms with Crippen LogP contribution in [0.15, 0.2) is 29.1 Å². The molecule has 3 rings (SSSR count). The van der Waals surface area contributed by atoms with Crippen molar-refractivity contribution in [2.24, 2.45) is 5.16 Å². The summed E-state index contributed by atoms with van der Waals surface area (Å²) in [6.45, 7) is 9.95. The van der Waals surface area contributed by atoms with Crippen LogP contribution in [0.5, 0.6) is 0 Å². The lowest BCUT2D eigenvalue weighted by Crippen LogP contribution is -2.71. The second-order valence-electron chi connectivity index (χ2n) is 8.87. The summed E-state index contributed by atoms with van der Waals surface area (Å²) in [5, 5.41) is 17.6. The minimum atomic E-state index is -1.29. The number of carboxylic acids is 1. The highest BCUT2D eigenvalue weighted by atomic mass is 35.5. The number of carbonyl (C=O) groups excluding carboxylic acids is 4. The fourth-order valence-corrected chi connectivity index (χ4v) is 5.66. The van der Waals surface area contributed by atoms with Crippen molar-refractivity contribution in [1.82, 2.24) is 15.2 Å². The predicted octanol–water partition coefficient (Wildman–Crippen LogP) is 1.74. The number of amides is 3. The van der Waals surface area contributed by atoms with Crippen molar-refractivity contribution in [2.75, 3.05) is 11.1 Å².